The van der Waals surface area contributed by atoms with Crippen molar-refractivity contribution >= 4 is 90.9 Å². The quantitative estimate of drug-likeness (QED) is 0.178. The molecule has 2 aromatic heterocycles. The normalized spacial score (nSPS) is 11.7. The van der Waals surface area contributed by atoms with Crippen LogP contribution < -0.4 is 4.90 Å². The number of anilines is 3. The van der Waals surface area contributed by atoms with Crippen molar-refractivity contribution in [2.45, 2.75) is 0 Å². The highest BCUT2D eigenvalue weighted by atomic mass is 32.1. The maximum atomic E-state index is 2.41. The maximum Gasteiger partial charge on any atom is 0.0640 e. The molecule has 0 aliphatic carbocycles. The third-order valence-corrected chi connectivity index (χ3v) is 12.0. The summed E-state index contributed by atoms with van der Waals surface area (Å²) in [5.41, 5.74) is 8.35. The summed E-state index contributed by atoms with van der Waals surface area (Å²) in [5.74, 6) is 0. The number of hydrogen-bond donors (Lipinski definition) is 0. The highest BCUT2D eigenvalue weighted by Gasteiger charge is 2.18. The Kier molecular flexibility index (Phi) is 6.61. The second-order valence-electron chi connectivity index (χ2n) is 12.6. The molecule has 2 heterocycles. The highest BCUT2D eigenvalue weighted by molar-refractivity contribution is 7.26. The lowest BCUT2D eigenvalue weighted by Gasteiger charge is -2.26. The summed E-state index contributed by atoms with van der Waals surface area (Å²) in [5, 5.41) is 7.86. The van der Waals surface area contributed by atoms with E-state index >= 15 is 0 Å². The predicted octanol–water partition coefficient (Wildman–Crippen LogP) is 14.4. The zero-order valence-electron chi connectivity index (χ0n) is 26.5. The van der Waals surface area contributed by atoms with Crippen LogP contribution in [0.4, 0.5) is 17.1 Å². The van der Waals surface area contributed by atoms with Gasteiger partial charge in [0.1, 0.15) is 0 Å². The number of rotatable bonds is 5. The van der Waals surface area contributed by atoms with Crippen molar-refractivity contribution in [1.82, 2.24) is 0 Å². The van der Waals surface area contributed by atoms with Crippen molar-refractivity contribution in [2.24, 2.45) is 0 Å². The largest absolute Gasteiger partial charge is 0.309 e. The lowest BCUT2D eigenvalue weighted by atomic mass is 10.0. The van der Waals surface area contributed by atoms with Crippen LogP contribution >= 0.6 is 22.7 Å². The molecule has 0 fully saturated rings. The van der Waals surface area contributed by atoms with E-state index in [-0.39, 0.29) is 0 Å². The van der Waals surface area contributed by atoms with Gasteiger partial charge in [-0.2, -0.15) is 0 Å². The summed E-state index contributed by atoms with van der Waals surface area (Å²) < 4.78 is 5.26. The van der Waals surface area contributed by atoms with E-state index < -0.39 is 0 Å². The van der Waals surface area contributed by atoms with Crippen LogP contribution in [0.1, 0.15) is 0 Å². The predicted molar refractivity (Wildman–Crippen MR) is 215 cm³/mol. The lowest BCUT2D eigenvalue weighted by molar-refractivity contribution is 1.30. The summed E-state index contributed by atoms with van der Waals surface area (Å²) in [4.78, 5) is 2.41. The van der Waals surface area contributed by atoms with Gasteiger partial charge in [0.25, 0.3) is 0 Å². The Hall–Kier alpha value is -5.74. The average Bonchev–Trinajstić information content (AvgIpc) is 3.73. The van der Waals surface area contributed by atoms with Gasteiger partial charge < -0.3 is 4.90 Å². The van der Waals surface area contributed by atoms with Crippen molar-refractivity contribution in [3.8, 4) is 22.3 Å². The molecule has 0 aliphatic heterocycles. The van der Waals surface area contributed by atoms with Crippen LogP contribution in [0.3, 0.4) is 0 Å². The summed E-state index contributed by atoms with van der Waals surface area (Å²) >= 11 is 3.75. The topological polar surface area (TPSA) is 3.24 Å². The third kappa shape index (κ3) is 4.82. The van der Waals surface area contributed by atoms with E-state index in [2.05, 4.69) is 181 Å². The Labute approximate surface area is 292 Å². The standard InChI is InChI=1S/C46H29NS2/c1-2-9-30(10-3-1)31-17-22-36(23-18-31)47(42-15-8-14-40-38-13-6-7-16-43(38)49-46(40)42)37-24-19-32(20-25-37)35-21-26-39-41-27-33-11-4-5-12-34(33)28-45(41)48-44(39)29-35/h1-29H. The molecule has 0 atom stereocenters. The number of hydrogen-bond acceptors (Lipinski definition) is 3. The van der Waals surface area contributed by atoms with Gasteiger partial charge in [-0.15, -0.1) is 22.7 Å². The fraction of sp³-hybridized carbons (Fsp3) is 0. The van der Waals surface area contributed by atoms with Gasteiger partial charge in [0.2, 0.25) is 0 Å². The molecule has 0 N–H and O–H groups in total. The van der Waals surface area contributed by atoms with E-state index in [1.807, 2.05) is 22.7 Å². The smallest absolute Gasteiger partial charge is 0.0640 e. The zero-order chi connectivity index (χ0) is 32.3. The fourth-order valence-electron chi connectivity index (χ4n) is 7.21. The molecule has 49 heavy (non-hydrogen) atoms. The van der Waals surface area contributed by atoms with Gasteiger partial charge in [0.05, 0.1) is 10.4 Å². The van der Waals surface area contributed by atoms with Crippen LogP contribution in [-0.4, -0.2) is 0 Å². The van der Waals surface area contributed by atoms with Crippen LogP contribution in [0.15, 0.2) is 176 Å². The Morgan fingerprint density at radius 1 is 0.327 bits per heavy atom. The van der Waals surface area contributed by atoms with Gasteiger partial charge >= 0.3 is 0 Å². The molecule has 230 valence electrons. The van der Waals surface area contributed by atoms with Crippen molar-refractivity contribution in [3.05, 3.63) is 176 Å². The van der Waals surface area contributed by atoms with Crippen LogP contribution in [0, 0.1) is 0 Å². The van der Waals surface area contributed by atoms with Gasteiger partial charge in [-0.25, -0.2) is 0 Å². The van der Waals surface area contributed by atoms with Gasteiger partial charge in [-0.05, 0) is 87.6 Å². The molecule has 0 amide bonds. The summed E-state index contributed by atoms with van der Waals surface area (Å²) in [6, 6.07) is 64.4. The summed E-state index contributed by atoms with van der Waals surface area (Å²) in [6.07, 6.45) is 0. The van der Waals surface area contributed by atoms with E-state index in [1.165, 1.54) is 79.1 Å². The molecule has 0 saturated carbocycles. The first-order valence-corrected chi connectivity index (χ1v) is 18.2. The van der Waals surface area contributed by atoms with E-state index in [1.54, 1.807) is 0 Å². The molecular weight excluding hydrogens is 631 g/mol. The number of thiophene rings is 2. The van der Waals surface area contributed by atoms with E-state index in [4.69, 9.17) is 0 Å². The monoisotopic (exact) mass is 659 g/mol. The molecule has 0 spiro atoms. The molecule has 0 radical (unpaired) electrons. The van der Waals surface area contributed by atoms with E-state index in [9.17, 15) is 0 Å². The van der Waals surface area contributed by atoms with Gasteiger partial charge in [0, 0.05) is 47.0 Å². The van der Waals surface area contributed by atoms with Crippen molar-refractivity contribution in [1.29, 1.82) is 0 Å². The molecule has 0 bridgehead atoms. The lowest BCUT2D eigenvalue weighted by Crippen LogP contribution is -2.10. The van der Waals surface area contributed by atoms with Crippen molar-refractivity contribution in [3.63, 3.8) is 0 Å². The Bertz CT molecular complexity index is 2810. The third-order valence-electron chi connectivity index (χ3n) is 9.66. The minimum Gasteiger partial charge on any atom is -0.309 e. The van der Waals surface area contributed by atoms with Crippen LogP contribution in [-0.2, 0) is 0 Å². The van der Waals surface area contributed by atoms with Gasteiger partial charge in [-0.3, -0.25) is 0 Å². The minimum absolute atomic E-state index is 1.13. The van der Waals surface area contributed by atoms with Crippen LogP contribution in [0.5, 0.6) is 0 Å². The first-order chi connectivity index (χ1) is 24.3. The van der Waals surface area contributed by atoms with Gasteiger partial charge in [-0.1, -0.05) is 121 Å². The molecule has 3 heteroatoms. The Morgan fingerprint density at radius 3 is 1.67 bits per heavy atom. The molecular formula is C46H29NS2. The van der Waals surface area contributed by atoms with Gasteiger partial charge in [0.15, 0.2) is 0 Å². The SMILES string of the molecule is c1ccc(-c2ccc(N(c3ccc(-c4ccc5c(c4)sc4cc6ccccc6cc45)cc3)c3cccc4c3sc3ccccc34)cc2)cc1. The molecule has 0 aliphatic rings. The molecule has 1 nitrogen and oxygen atoms in total. The molecule has 0 unspecified atom stereocenters. The Balaban J connectivity index is 1.08. The van der Waals surface area contributed by atoms with Crippen LogP contribution in [0.2, 0.25) is 0 Å². The number of benzene rings is 8. The van der Waals surface area contributed by atoms with E-state index in [0.29, 0.717) is 0 Å². The first-order valence-electron chi connectivity index (χ1n) is 16.6. The first kappa shape index (κ1) is 28.3. The maximum absolute atomic E-state index is 2.41. The second kappa shape index (κ2) is 11.5. The minimum atomic E-state index is 1.13. The zero-order valence-corrected chi connectivity index (χ0v) is 28.1. The summed E-state index contributed by atoms with van der Waals surface area (Å²) in [7, 11) is 0. The summed E-state index contributed by atoms with van der Waals surface area (Å²) in [6.45, 7) is 0. The molecule has 10 rings (SSSR count). The highest BCUT2D eigenvalue weighted by Crippen LogP contribution is 2.45. The van der Waals surface area contributed by atoms with Crippen molar-refractivity contribution in [2.75, 3.05) is 4.90 Å². The second-order valence-corrected chi connectivity index (χ2v) is 14.7. The van der Waals surface area contributed by atoms with E-state index in [0.717, 1.165) is 11.4 Å². The molecule has 0 saturated heterocycles. The molecule has 8 aromatic carbocycles. The van der Waals surface area contributed by atoms with Crippen molar-refractivity contribution < 1.29 is 0 Å². The number of nitrogens with zero attached hydrogens (tertiary/aromatic N) is 1. The van der Waals surface area contributed by atoms with Crippen LogP contribution in [0.25, 0.3) is 73.4 Å². The Morgan fingerprint density at radius 2 is 0.898 bits per heavy atom. The average molecular weight is 660 g/mol. The fourth-order valence-corrected chi connectivity index (χ4v) is 9.60. The molecule has 10 aromatic rings. The number of fused-ring (bicyclic) bond motifs is 7.